The first-order chi connectivity index (χ1) is 9.71. The summed E-state index contributed by atoms with van der Waals surface area (Å²) >= 11 is 0. The van der Waals surface area contributed by atoms with Crippen molar-refractivity contribution in [1.29, 1.82) is 0 Å². The maximum absolute atomic E-state index is 5.70. The summed E-state index contributed by atoms with van der Waals surface area (Å²) < 4.78 is 10.7. The molecule has 3 nitrogen and oxygen atoms in total. The Labute approximate surface area is 121 Å². The zero-order chi connectivity index (χ0) is 14.8. The van der Waals surface area contributed by atoms with Crippen LogP contribution in [0.15, 0.2) is 60.3 Å². The van der Waals surface area contributed by atoms with E-state index in [9.17, 15) is 0 Å². The molecule has 0 amide bonds. The van der Waals surface area contributed by atoms with Gasteiger partial charge >= 0.3 is 0 Å². The fourth-order valence-electron chi connectivity index (χ4n) is 1.58. The Hall–Kier alpha value is -2.00. The van der Waals surface area contributed by atoms with Crippen molar-refractivity contribution in [2.45, 2.75) is 13.8 Å². The van der Waals surface area contributed by atoms with E-state index in [0.717, 1.165) is 22.7 Å². The van der Waals surface area contributed by atoms with Gasteiger partial charge < -0.3 is 14.8 Å². The van der Waals surface area contributed by atoms with Crippen LogP contribution < -0.4 is 10.1 Å². The van der Waals surface area contributed by atoms with Gasteiger partial charge in [-0.05, 0) is 37.6 Å². The molecule has 3 heteroatoms. The van der Waals surface area contributed by atoms with Crippen molar-refractivity contribution >= 4 is 5.69 Å². The normalized spacial score (nSPS) is 12.2. The molecule has 0 bridgehead atoms. The minimum Gasteiger partial charge on any atom is -0.489 e. The molecule has 0 aliphatic heterocycles. The number of anilines is 1. The molecule has 0 aromatic heterocycles. The number of hydrogen-bond donors (Lipinski definition) is 1. The maximum atomic E-state index is 5.70. The molecule has 1 aromatic carbocycles. The third-order valence-corrected chi connectivity index (χ3v) is 2.73. The lowest BCUT2D eigenvalue weighted by Crippen LogP contribution is -2.06. The first kappa shape index (κ1) is 16.1. The third kappa shape index (κ3) is 5.33. The molecule has 0 aliphatic carbocycles. The molecule has 0 saturated carbocycles. The van der Waals surface area contributed by atoms with Gasteiger partial charge in [-0.25, -0.2) is 0 Å². The zero-order valence-electron chi connectivity index (χ0n) is 12.5. The fraction of sp³-hybridized carbons (Fsp3) is 0.294. The largest absolute Gasteiger partial charge is 0.489 e. The molecule has 0 heterocycles. The summed E-state index contributed by atoms with van der Waals surface area (Å²) in [5.41, 5.74) is 3.04. The second-order valence-corrected chi connectivity index (χ2v) is 4.30. The van der Waals surface area contributed by atoms with Gasteiger partial charge in [-0.2, -0.15) is 0 Å². The molecule has 108 valence electrons. The number of hydrogen-bond acceptors (Lipinski definition) is 3. The molecule has 0 saturated heterocycles. The number of nitrogens with one attached hydrogen (secondary N) is 1. The first-order valence-corrected chi connectivity index (χ1v) is 6.66. The summed E-state index contributed by atoms with van der Waals surface area (Å²) in [4.78, 5) is 0. The molecule has 0 atom stereocenters. The maximum Gasteiger partial charge on any atom is 0.142 e. The van der Waals surface area contributed by atoms with Crippen LogP contribution in [-0.4, -0.2) is 20.3 Å². The third-order valence-electron chi connectivity index (χ3n) is 2.73. The van der Waals surface area contributed by atoms with E-state index < -0.39 is 0 Å². The smallest absolute Gasteiger partial charge is 0.142 e. The summed E-state index contributed by atoms with van der Waals surface area (Å²) in [5, 5.41) is 3.36. The Balaban J connectivity index is 2.82. The van der Waals surface area contributed by atoms with Gasteiger partial charge in [0.25, 0.3) is 0 Å². The minimum absolute atomic E-state index is 0.530. The molecular weight excluding hydrogens is 250 g/mol. The molecule has 0 spiro atoms. The molecular formula is C17H23NO2. The summed E-state index contributed by atoms with van der Waals surface area (Å²) in [6.45, 7) is 8.86. The van der Waals surface area contributed by atoms with Gasteiger partial charge in [0.2, 0.25) is 0 Å². The SMILES string of the molecule is C=C/C(C)=C\C(=C/C)Nc1ccccc1OCCOC. The highest BCUT2D eigenvalue weighted by Gasteiger charge is 2.03. The summed E-state index contributed by atoms with van der Waals surface area (Å²) in [7, 11) is 1.66. The fourth-order valence-corrected chi connectivity index (χ4v) is 1.58. The van der Waals surface area contributed by atoms with Gasteiger partial charge in [-0.15, -0.1) is 0 Å². The minimum atomic E-state index is 0.530. The Kier molecular flexibility index (Phi) is 7.22. The highest BCUT2D eigenvalue weighted by molar-refractivity contribution is 5.61. The van der Waals surface area contributed by atoms with E-state index in [0.29, 0.717) is 13.2 Å². The Morgan fingerprint density at radius 1 is 1.30 bits per heavy atom. The number of benzene rings is 1. The van der Waals surface area contributed by atoms with Gasteiger partial charge in [0.05, 0.1) is 12.3 Å². The average Bonchev–Trinajstić information content (AvgIpc) is 2.48. The van der Waals surface area contributed by atoms with Crippen LogP contribution in [0.4, 0.5) is 5.69 Å². The van der Waals surface area contributed by atoms with Crippen molar-refractivity contribution in [3.8, 4) is 5.75 Å². The van der Waals surface area contributed by atoms with E-state index >= 15 is 0 Å². The Morgan fingerprint density at radius 3 is 2.70 bits per heavy atom. The second kappa shape index (κ2) is 8.99. The summed E-state index contributed by atoms with van der Waals surface area (Å²) in [6.07, 6.45) is 5.88. The van der Waals surface area contributed by atoms with Gasteiger partial charge in [-0.1, -0.05) is 30.9 Å². The van der Waals surface area contributed by atoms with E-state index in [-0.39, 0.29) is 0 Å². The summed E-state index contributed by atoms with van der Waals surface area (Å²) in [5.74, 6) is 0.813. The van der Waals surface area contributed by atoms with Crippen molar-refractivity contribution in [2.24, 2.45) is 0 Å². The van der Waals surface area contributed by atoms with Crippen molar-refractivity contribution < 1.29 is 9.47 Å². The monoisotopic (exact) mass is 273 g/mol. The second-order valence-electron chi connectivity index (χ2n) is 4.30. The van der Waals surface area contributed by atoms with Crippen LogP contribution in [0.5, 0.6) is 5.75 Å². The van der Waals surface area contributed by atoms with Gasteiger partial charge in [-0.3, -0.25) is 0 Å². The quantitative estimate of drug-likeness (QED) is 0.570. The topological polar surface area (TPSA) is 30.5 Å². The van der Waals surface area contributed by atoms with Crippen molar-refractivity contribution in [1.82, 2.24) is 0 Å². The zero-order valence-corrected chi connectivity index (χ0v) is 12.5. The first-order valence-electron chi connectivity index (χ1n) is 6.66. The number of rotatable bonds is 8. The molecule has 0 aliphatic rings. The lowest BCUT2D eigenvalue weighted by atomic mass is 10.2. The van der Waals surface area contributed by atoms with Crippen LogP contribution in [0.25, 0.3) is 0 Å². The number of allylic oxidation sites excluding steroid dienone is 4. The van der Waals surface area contributed by atoms with Gasteiger partial charge in [0, 0.05) is 12.8 Å². The molecule has 0 fully saturated rings. The molecule has 1 rings (SSSR count). The predicted octanol–water partition coefficient (Wildman–Crippen LogP) is 4.16. The number of methoxy groups -OCH3 is 1. The highest BCUT2D eigenvalue weighted by Crippen LogP contribution is 2.25. The number of ether oxygens (including phenoxy) is 2. The summed E-state index contributed by atoms with van der Waals surface area (Å²) in [6, 6.07) is 7.86. The lowest BCUT2D eigenvalue weighted by Gasteiger charge is -2.13. The van der Waals surface area contributed by atoms with Gasteiger partial charge in [0.1, 0.15) is 12.4 Å². The van der Waals surface area contributed by atoms with Crippen LogP contribution in [-0.2, 0) is 4.74 Å². The van der Waals surface area contributed by atoms with E-state index in [1.807, 2.05) is 56.3 Å². The van der Waals surface area contributed by atoms with Crippen molar-refractivity contribution in [3.63, 3.8) is 0 Å². The van der Waals surface area contributed by atoms with E-state index in [1.54, 1.807) is 7.11 Å². The lowest BCUT2D eigenvalue weighted by molar-refractivity contribution is 0.146. The molecule has 0 radical (unpaired) electrons. The van der Waals surface area contributed by atoms with Gasteiger partial charge in [0.15, 0.2) is 0 Å². The van der Waals surface area contributed by atoms with Crippen molar-refractivity contribution in [2.75, 3.05) is 25.6 Å². The van der Waals surface area contributed by atoms with Crippen LogP contribution in [0.1, 0.15) is 13.8 Å². The van der Waals surface area contributed by atoms with Crippen molar-refractivity contribution in [3.05, 3.63) is 60.3 Å². The van der Waals surface area contributed by atoms with Crippen LogP contribution >= 0.6 is 0 Å². The Morgan fingerprint density at radius 2 is 2.05 bits per heavy atom. The molecule has 20 heavy (non-hydrogen) atoms. The average molecular weight is 273 g/mol. The van der Waals surface area contributed by atoms with E-state index in [2.05, 4.69) is 11.9 Å². The highest BCUT2D eigenvalue weighted by atomic mass is 16.5. The standard InChI is InChI=1S/C17H23NO2/c1-5-14(3)13-15(6-2)18-16-9-7-8-10-17(16)20-12-11-19-4/h5-10,13,18H,1,11-12H2,2-4H3/b14-13-,15-6+. The molecule has 1 N–H and O–H groups in total. The predicted molar refractivity (Wildman–Crippen MR) is 85.1 cm³/mol. The van der Waals surface area contributed by atoms with E-state index in [1.165, 1.54) is 0 Å². The Bertz CT molecular complexity index is 490. The van der Waals surface area contributed by atoms with Crippen LogP contribution in [0.2, 0.25) is 0 Å². The van der Waals surface area contributed by atoms with Crippen LogP contribution in [0, 0.1) is 0 Å². The van der Waals surface area contributed by atoms with Crippen LogP contribution in [0.3, 0.4) is 0 Å². The molecule has 1 aromatic rings. The number of para-hydroxylation sites is 2. The van der Waals surface area contributed by atoms with E-state index in [4.69, 9.17) is 9.47 Å². The molecule has 0 unspecified atom stereocenters.